The molecule has 4 heteroatoms. The standard InChI is InChI=1S/C19H20O3Se/c1-13-16(19(20)21-2)18(23-15-11-7-4-8-12-15)17(22-13)14-9-5-3-6-10-14/h3-13,16-18H,1-2H3/t13-,16+,17-,18+/m1/s1. The Kier molecular flexibility index (Phi) is 5.16. The van der Waals surface area contributed by atoms with Crippen molar-refractivity contribution in [1.82, 2.24) is 0 Å². The minimum atomic E-state index is -0.217. The van der Waals surface area contributed by atoms with Crippen molar-refractivity contribution in [1.29, 1.82) is 0 Å². The van der Waals surface area contributed by atoms with Crippen molar-refractivity contribution >= 4 is 25.4 Å². The molecule has 0 saturated carbocycles. The summed E-state index contributed by atoms with van der Waals surface area (Å²) in [5.41, 5.74) is 1.13. The van der Waals surface area contributed by atoms with E-state index in [4.69, 9.17) is 9.47 Å². The van der Waals surface area contributed by atoms with Gasteiger partial charge in [0.2, 0.25) is 0 Å². The molecule has 2 aromatic carbocycles. The number of benzene rings is 2. The van der Waals surface area contributed by atoms with Crippen LogP contribution in [0.1, 0.15) is 18.6 Å². The molecule has 0 unspecified atom stereocenters. The van der Waals surface area contributed by atoms with Gasteiger partial charge in [-0.25, -0.2) is 0 Å². The van der Waals surface area contributed by atoms with Crippen molar-refractivity contribution in [2.24, 2.45) is 5.92 Å². The Hall–Kier alpha value is -1.61. The molecule has 23 heavy (non-hydrogen) atoms. The maximum atomic E-state index is 12.3. The van der Waals surface area contributed by atoms with Crippen molar-refractivity contribution in [2.75, 3.05) is 7.11 Å². The van der Waals surface area contributed by atoms with Crippen LogP contribution in [0.2, 0.25) is 4.82 Å². The van der Waals surface area contributed by atoms with Crippen LogP contribution in [0, 0.1) is 5.92 Å². The Morgan fingerprint density at radius 1 is 1.04 bits per heavy atom. The van der Waals surface area contributed by atoms with Crippen LogP contribution >= 0.6 is 0 Å². The van der Waals surface area contributed by atoms with Crippen molar-refractivity contribution in [2.45, 2.75) is 23.9 Å². The van der Waals surface area contributed by atoms with Gasteiger partial charge in [-0.3, -0.25) is 0 Å². The molecule has 120 valence electrons. The van der Waals surface area contributed by atoms with Gasteiger partial charge in [-0.15, -0.1) is 0 Å². The molecule has 0 aromatic heterocycles. The molecule has 0 bridgehead atoms. The van der Waals surface area contributed by atoms with Gasteiger partial charge in [-0.1, -0.05) is 0 Å². The molecule has 1 aliphatic heterocycles. The van der Waals surface area contributed by atoms with Crippen LogP contribution in [0.5, 0.6) is 0 Å². The van der Waals surface area contributed by atoms with Crippen LogP contribution in [0.3, 0.4) is 0 Å². The molecule has 4 atom stereocenters. The van der Waals surface area contributed by atoms with Gasteiger partial charge in [-0.05, 0) is 0 Å². The molecule has 0 amide bonds. The van der Waals surface area contributed by atoms with Gasteiger partial charge in [0.25, 0.3) is 0 Å². The fourth-order valence-corrected chi connectivity index (χ4v) is 6.06. The second kappa shape index (κ2) is 7.31. The predicted molar refractivity (Wildman–Crippen MR) is 90.8 cm³/mol. The summed E-state index contributed by atoms with van der Waals surface area (Å²) >= 11 is 0.130. The number of hydrogen-bond donors (Lipinski definition) is 0. The van der Waals surface area contributed by atoms with Gasteiger partial charge in [0.05, 0.1) is 0 Å². The summed E-state index contributed by atoms with van der Waals surface area (Å²) in [5, 5.41) is 0. The van der Waals surface area contributed by atoms with Crippen LogP contribution in [0.4, 0.5) is 0 Å². The number of methoxy groups -OCH3 is 1. The molecule has 3 nitrogen and oxygen atoms in total. The van der Waals surface area contributed by atoms with Gasteiger partial charge in [-0.2, -0.15) is 0 Å². The average Bonchev–Trinajstić information content (AvgIpc) is 2.92. The van der Waals surface area contributed by atoms with Crippen molar-refractivity contribution in [3.05, 3.63) is 66.2 Å². The zero-order chi connectivity index (χ0) is 16.2. The monoisotopic (exact) mass is 376 g/mol. The molecule has 1 fully saturated rings. The zero-order valence-electron chi connectivity index (χ0n) is 13.2. The fourth-order valence-electron chi connectivity index (χ4n) is 3.01. The Bertz CT molecular complexity index is 644. The van der Waals surface area contributed by atoms with E-state index in [2.05, 4.69) is 24.3 Å². The van der Waals surface area contributed by atoms with E-state index in [0.29, 0.717) is 0 Å². The topological polar surface area (TPSA) is 35.5 Å². The number of carbonyl (C=O) groups excluding carboxylic acids is 1. The number of ether oxygens (including phenoxy) is 2. The summed E-state index contributed by atoms with van der Waals surface area (Å²) < 4.78 is 12.5. The molecule has 0 radical (unpaired) electrons. The van der Waals surface area contributed by atoms with E-state index in [1.807, 2.05) is 43.3 Å². The number of rotatable bonds is 4. The molecule has 3 rings (SSSR count). The number of esters is 1. The first-order valence-corrected chi connectivity index (χ1v) is 9.55. The second-order valence-corrected chi connectivity index (χ2v) is 8.24. The van der Waals surface area contributed by atoms with E-state index >= 15 is 0 Å². The molecule has 1 heterocycles. The molecule has 0 N–H and O–H groups in total. The molecule has 0 aliphatic carbocycles. The van der Waals surface area contributed by atoms with Gasteiger partial charge in [0.15, 0.2) is 0 Å². The predicted octanol–water partition coefficient (Wildman–Crippen LogP) is 2.75. The number of hydrogen-bond acceptors (Lipinski definition) is 3. The van der Waals surface area contributed by atoms with E-state index in [9.17, 15) is 4.79 Å². The van der Waals surface area contributed by atoms with Crippen molar-refractivity contribution in [3.63, 3.8) is 0 Å². The average molecular weight is 375 g/mol. The zero-order valence-corrected chi connectivity index (χ0v) is 14.9. The summed E-state index contributed by atoms with van der Waals surface area (Å²) in [7, 11) is 1.46. The first kappa shape index (κ1) is 16.3. The Balaban J connectivity index is 1.93. The SMILES string of the molecule is COC(=O)[C@@H]1[C@H]([Se]c2ccccc2)[C@@H](c2ccccc2)O[C@@H]1C. The van der Waals surface area contributed by atoms with Crippen LogP contribution in [0.15, 0.2) is 60.7 Å². The molecule has 0 spiro atoms. The van der Waals surface area contributed by atoms with Gasteiger partial charge in [0, 0.05) is 0 Å². The molecular weight excluding hydrogens is 355 g/mol. The molecular formula is C19H20O3Se. The van der Waals surface area contributed by atoms with E-state index < -0.39 is 0 Å². The summed E-state index contributed by atoms with van der Waals surface area (Å²) in [6.45, 7) is 1.97. The van der Waals surface area contributed by atoms with E-state index in [0.717, 1.165) is 5.56 Å². The molecule has 1 saturated heterocycles. The van der Waals surface area contributed by atoms with Crippen LogP contribution in [-0.4, -0.2) is 34.1 Å². The normalized spacial score (nSPS) is 26.9. The molecule has 2 aromatic rings. The van der Waals surface area contributed by atoms with E-state index in [1.54, 1.807) is 0 Å². The molecule has 1 aliphatic rings. The summed E-state index contributed by atoms with van der Waals surface area (Å²) in [6, 6.07) is 20.5. The number of carbonyl (C=O) groups is 1. The second-order valence-electron chi connectivity index (χ2n) is 5.62. The van der Waals surface area contributed by atoms with Crippen LogP contribution in [-0.2, 0) is 14.3 Å². The summed E-state index contributed by atoms with van der Waals surface area (Å²) in [4.78, 5) is 12.4. The minimum absolute atomic E-state index is 0.0597. The van der Waals surface area contributed by atoms with E-state index in [-0.39, 0.29) is 43.9 Å². The first-order valence-electron chi connectivity index (χ1n) is 7.70. The fraction of sp³-hybridized carbons (Fsp3) is 0.316. The summed E-state index contributed by atoms with van der Waals surface area (Å²) in [5.74, 6) is -0.385. The van der Waals surface area contributed by atoms with E-state index in [1.165, 1.54) is 11.6 Å². The van der Waals surface area contributed by atoms with Gasteiger partial charge in [0.1, 0.15) is 0 Å². The summed E-state index contributed by atoms with van der Waals surface area (Å²) in [6.07, 6.45) is -0.196. The van der Waals surface area contributed by atoms with Gasteiger partial charge < -0.3 is 0 Å². The van der Waals surface area contributed by atoms with Crippen LogP contribution in [0.25, 0.3) is 0 Å². The Morgan fingerprint density at radius 2 is 1.65 bits per heavy atom. The van der Waals surface area contributed by atoms with Crippen LogP contribution < -0.4 is 4.46 Å². The van der Waals surface area contributed by atoms with Crippen molar-refractivity contribution in [3.8, 4) is 0 Å². The van der Waals surface area contributed by atoms with Crippen molar-refractivity contribution < 1.29 is 14.3 Å². The first-order chi connectivity index (χ1) is 11.2. The van der Waals surface area contributed by atoms with Gasteiger partial charge >= 0.3 is 143 Å². The quantitative estimate of drug-likeness (QED) is 0.609. The third-order valence-electron chi connectivity index (χ3n) is 4.14. The maximum absolute atomic E-state index is 12.3. The Labute approximate surface area is 143 Å². The third-order valence-corrected chi connectivity index (χ3v) is 6.98. The third kappa shape index (κ3) is 3.50. The Morgan fingerprint density at radius 3 is 2.26 bits per heavy atom.